The Morgan fingerprint density at radius 3 is 1.56 bits per heavy atom. The van der Waals surface area contributed by atoms with Gasteiger partial charge in [-0.2, -0.15) is 0 Å². The fourth-order valence-corrected chi connectivity index (χ4v) is 8.07. The topological polar surface area (TPSA) is 34.2 Å². The molecule has 0 atom stereocenters. The Labute approximate surface area is 177 Å². The van der Waals surface area contributed by atoms with Crippen LogP contribution < -0.4 is 0 Å². The molecule has 0 radical (unpaired) electrons. The van der Waals surface area contributed by atoms with Crippen LogP contribution in [0.4, 0.5) is 0 Å². The molecule has 1 rings (SSSR count). The quantitative estimate of drug-likeness (QED) is 0.248. The van der Waals surface area contributed by atoms with E-state index in [4.69, 9.17) is 13.3 Å². The van der Waals surface area contributed by atoms with Gasteiger partial charge < -0.3 is 13.3 Å². The van der Waals surface area contributed by atoms with Crippen molar-refractivity contribution >= 4 is 32.3 Å². The van der Waals surface area contributed by atoms with E-state index in [0.29, 0.717) is 19.8 Å². The van der Waals surface area contributed by atoms with Gasteiger partial charge in [0.2, 0.25) is 0 Å². The number of rotatable bonds is 17. The number of hydrogen-bond acceptors (Lipinski definition) is 7. The highest BCUT2D eigenvalue weighted by Gasteiger charge is 2.39. The Bertz CT molecular complexity index is 332. The average Bonchev–Trinajstić information content (AvgIpc) is 2.67. The highest BCUT2D eigenvalue weighted by Crippen LogP contribution is 2.20. The summed E-state index contributed by atoms with van der Waals surface area (Å²) in [5, 5.41) is 0. The lowest BCUT2D eigenvalue weighted by Gasteiger charge is -2.34. The molecule has 1 heterocycles. The molecule has 1 fully saturated rings. The zero-order valence-corrected chi connectivity index (χ0v) is 20.7. The van der Waals surface area contributed by atoms with E-state index < -0.39 is 8.80 Å². The minimum atomic E-state index is -2.45. The third-order valence-corrected chi connectivity index (χ3v) is 9.92. The van der Waals surface area contributed by atoms with Crippen molar-refractivity contribution < 1.29 is 13.3 Å². The molecule has 0 saturated carbocycles. The summed E-state index contributed by atoms with van der Waals surface area (Å²) in [7, 11) is -2.45. The summed E-state index contributed by atoms with van der Waals surface area (Å²) in [5.74, 6) is 4.81. The van der Waals surface area contributed by atoms with E-state index in [1.165, 1.54) is 50.7 Å². The van der Waals surface area contributed by atoms with E-state index in [1.54, 1.807) is 0 Å². The van der Waals surface area contributed by atoms with Gasteiger partial charge in [0.05, 0.1) is 0 Å². The molecule has 0 aromatic rings. The lowest BCUT2D eigenvalue weighted by atomic mass is 10.4. The Kier molecular flexibility index (Phi) is 15.7. The summed E-state index contributed by atoms with van der Waals surface area (Å²) in [6, 6.07) is 0.929. The number of nitrogens with zero attached hydrogens (tertiary/aromatic N) is 2. The minimum absolute atomic E-state index is 0.667. The summed E-state index contributed by atoms with van der Waals surface area (Å²) < 4.78 is 17.8. The molecule has 0 amide bonds. The van der Waals surface area contributed by atoms with Crippen molar-refractivity contribution in [3.63, 3.8) is 0 Å². The van der Waals surface area contributed by atoms with Gasteiger partial charge in [0.1, 0.15) is 0 Å². The van der Waals surface area contributed by atoms with Crippen LogP contribution in [0.2, 0.25) is 6.04 Å². The maximum atomic E-state index is 5.93. The van der Waals surface area contributed by atoms with Crippen molar-refractivity contribution in [1.82, 2.24) is 9.80 Å². The molecule has 0 bridgehead atoms. The highest BCUT2D eigenvalue weighted by atomic mass is 32.2. The van der Waals surface area contributed by atoms with Crippen LogP contribution in [0, 0.1) is 0 Å². The van der Waals surface area contributed by atoms with Crippen LogP contribution in [0.1, 0.15) is 47.0 Å². The van der Waals surface area contributed by atoms with Gasteiger partial charge in [-0.25, -0.2) is 0 Å². The minimum Gasteiger partial charge on any atom is -0.374 e. The van der Waals surface area contributed by atoms with Crippen LogP contribution in [0.25, 0.3) is 0 Å². The Morgan fingerprint density at radius 1 is 0.704 bits per heavy atom. The Balaban J connectivity index is 2.13. The summed E-state index contributed by atoms with van der Waals surface area (Å²) >= 11 is 4.13. The SMILES string of the molecule is CCCCSCN1CCN(CSCCC[Si](OCC)(OCC)OCC)CC1. The molecule has 0 aromatic heterocycles. The van der Waals surface area contributed by atoms with E-state index in [0.717, 1.165) is 24.1 Å². The predicted molar refractivity (Wildman–Crippen MR) is 123 cm³/mol. The first-order valence-electron chi connectivity index (χ1n) is 10.7. The molecule has 162 valence electrons. The molecule has 5 nitrogen and oxygen atoms in total. The highest BCUT2D eigenvalue weighted by molar-refractivity contribution is 7.99. The van der Waals surface area contributed by atoms with Gasteiger partial charge in [-0.3, -0.25) is 9.80 Å². The monoisotopic (exact) mass is 438 g/mol. The second-order valence-corrected chi connectivity index (χ2v) is 11.6. The smallest absolute Gasteiger partial charge is 0.374 e. The van der Waals surface area contributed by atoms with Gasteiger partial charge in [-0.15, -0.1) is 23.5 Å². The molecule has 0 spiro atoms. The number of piperazine rings is 1. The summed E-state index contributed by atoms with van der Waals surface area (Å²) in [6.07, 6.45) is 3.76. The molecule has 0 aliphatic carbocycles. The molecular weight excluding hydrogens is 396 g/mol. The molecule has 0 aromatic carbocycles. The van der Waals surface area contributed by atoms with Gasteiger partial charge in [0.25, 0.3) is 0 Å². The standard InChI is InChI=1S/C19H42N2O3S2Si/c1-5-9-15-25-18-20-11-13-21(14-12-20)19-26-16-10-17-27(22-6-2,23-7-3)24-8-4/h5-19H2,1-4H3. The maximum absolute atomic E-state index is 5.93. The molecule has 1 aliphatic heterocycles. The average molecular weight is 439 g/mol. The van der Waals surface area contributed by atoms with Crippen LogP contribution in [0.15, 0.2) is 0 Å². The van der Waals surface area contributed by atoms with E-state index in [1.807, 2.05) is 32.5 Å². The second kappa shape index (κ2) is 16.5. The van der Waals surface area contributed by atoms with E-state index >= 15 is 0 Å². The largest absolute Gasteiger partial charge is 0.500 e. The number of hydrogen-bond donors (Lipinski definition) is 0. The molecular formula is C19H42N2O3S2Si. The molecule has 0 unspecified atom stereocenters. The van der Waals surface area contributed by atoms with Crippen LogP contribution in [-0.2, 0) is 13.3 Å². The van der Waals surface area contributed by atoms with Gasteiger partial charge in [-0.1, -0.05) is 13.3 Å². The summed E-state index contributed by atoms with van der Waals surface area (Å²) in [5.41, 5.74) is 0. The van der Waals surface area contributed by atoms with Crippen LogP contribution in [-0.4, -0.2) is 87.9 Å². The van der Waals surface area contributed by atoms with Crippen molar-refractivity contribution in [3.05, 3.63) is 0 Å². The lowest BCUT2D eigenvalue weighted by molar-refractivity contribution is 0.0712. The molecule has 0 N–H and O–H groups in total. The summed E-state index contributed by atoms with van der Waals surface area (Å²) in [4.78, 5) is 5.20. The fourth-order valence-electron chi connectivity index (χ4n) is 3.07. The maximum Gasteiger partial charge on any atom is 0.500 e. The second-order valence-electron chi connectivity index (χ2n) is 6.75. The van der Waals surface area contributed by atoms with Crippen molar-refractivity contribution in [1.29, 1.82) is 0 Å². The first-order valence-corrected chi connectivity index (χ1v) is 15.0. The van der Waals surface area contributed by atoms with Crippen molar-refractivity contribution in [2.45, 2.75) is 53.0 Å². The first kappa shape index (κ1) is 25.8. The fraction of sp³-hybridized carbons (Fsp3) is 1.00. The third-order valence-electron chi connectivity index (χ3n) is 4.52. The van der Waals surface area contributed by atoms with Crippen molar-refractivity contribution in [2.24, 2.45) is 0 Å². The molecule has 27 heavy (non-hydrogen) atoms. The van der Waals surface area contributed by atoms with Gasteiger partial charge in [-0.05, 0) is 45.1 Å². The molecule has 1 saturated heterocycles. The van der Waals surface area contributed by atoms with E-state index in [-0.39, 0.29) is 0 Å². The summed E-state index contributed by atoms with van der Waals surface area (Å²) in [6.45, 7) is 15.2. The van der Waals surface area contributed by atoms with Crippen LogP contribution in [0.3, 0.4) is 0 Å². The molecule has 8 heteroatoms. The molecule has 1 aliphatic rings. The van der Waals surface area contributed by atoms with Gasteiger partial charge >= 0.3 is 8.80 Å². The van der Waals surface area contributed by atoms with Gasteiger partial charge in [0, 0.05) is 63.8 Å². The number of unbranched alkanes of at least 4 members (excludes halogenated alkanes) is 1. The van der Waals surface area contributed by atoms with Crippen molar-refractivity contribution in [2.75, 3.05) is 69.3 Å². The third kappa shape index (κ3) is 11.5. The van der Waals surface area contributed by atoms with E-state index in [2.05, 4.69) is 28.5 Å². The number of thioether (sulfide) groups is 2. The van der Waals surface area contributed by atoms with Crippen LogP contribution in [0.5, 0.6) is 0 Å². The Hall–Kier alpha value is 0.717. The normalized spacial score (nSPS) is 16.9. The first-order chi connectivity index (χ1) is 13.2. The van der Waals surface area contributed by atoms with Gasteiger partial charge in [0.15, 0.2) is 0 Å². The van der Waals surface area contributed by atoms with Crippen LogP contribution >= 0.6 is 23.5 Å². The predicted octanol–water partition coefficient (Wildman–Crippen LogP) is 4.22. The lowest BCUT2D eigenvalue weighted by Crippen LogP contribution is -2.46. The van der Waals surface area contributed by atoms with E-state index in [9.17, 15) is 0 Å². The zero-order chi connectivity index (χ0) is 19.8. The zero-order valence-electron chi connectivity index (χ0n) is 18.0. The van der Waals surface area contributed by atoms with Crippen molar-refractivity contribution in [3.8, 4) is 0 Å². The Morgan fingerprint density at radius 2 is 1.15 bits per heavy atom.